The second kappa shape index (κ2) is 8.98. The van der Waals surface area contributed by atoms with Gasteiger partial charge in [0.2, 0.25) is 5.91 Å². The molecule has 0 saturated heterocycles. The normalized spacial score (nSPS) is 11.3. The number of carbonyl (C=O) groups is 2. The van der Waals surface area contributed by atoms with E-state index in [1.54, 1.807) is 12.1 Å². The SMILES string of the molecule is CC(C)CC(=O)Nc1ccc(C(=O)NNS(=O)(=O)c2ccc(Cl)cc2)cc1. The topological polar surface area (TPSA) is 104 Å². The lowest BCUT2D eigenvalue weighted by Gasteiger charge is -2.10. The van der Waals surface area contributed by atoms with Gasteiger partial charge in [0.1, 0.15) is 0 Å². The number of rotatable bonds is 7. The highest BCUT2D eigenvalue weighted by molar-refractivity contribution is 7.89. The molecule has 0 aromatic heterocycles. The molecule has 9 heteroatoms. The fourth-order valence-electron chi connectivity index (χ4n) is 2.15. The number of benzene rings is 2. The van der Waals surface area contributed by atoms with Crippen molar-refractivity contribution >= 4 is 39.1 Å². The van der Waals surface area contributed by atoms with Crippen LogP contribution in [0.15, 0.2) is 53.4 Å². The first kappa shape index (κ1) is 20.9. The summed E-state index contributed by atoms with van der Waals surface area (Å²) in [6.07, 6.45) is 0.398. The number of hydrazine groups is 1. The molecule has 2 rings (SSSR count). The van der Waals surface area contributed by atoms with Gasteiger partial charge in [-0.1, -0.05) is 25.4 Å². The first-order valence-electron chi connectivity index (χ1n) is 8.15. The quantitative estimate of drug-likeness (QED) is 0.611. The zero-order valence-electron chi connectivity index (χ0n) is 14.8. The van der Waals surface area contributed by atoms with E-state index < -0.39 is 15.9 Å². The van der Waals surface area contributed by atoms with Crippen LogP contribution >= 0.6 is 11.6 Å². The van der Waals surface area contributed by atoms with Crippen LogP contribution in [-0.2, 0) is 14.8 Å². The van der Waals surface area contributed by atoms with E-state index >= 15 is 0 Å². The van der Waals surface area contributed by atoms with Gasteiger partial charge in [0.25, 0.3) is 15.9 Å². The summed E-state index contributed by atoms with van der Waals surface area (Å²) >= 11 is 5.73. The van der Waals surface area contributed by atoms with E-state index in [-0.39, 0.29) is 22.3 Å². The minimum absolute atomic E-state index is 0.0320. The van der Waals surface area contributed by atoms with Crippen molar-refractivity contribution in [1.82, 2.24) is 10.3 Å². The van der Waals surface area contributed by atoms with Crippen LogP contribution in [0.3, 0.4) is 0 Å². The van der Waals surface area contributed by atoms with Gasteiger partial charge in [-0.25, -0.2) is 8.42 Å². The van der Waals surface area contributed by atoms with Gasteiger partial charge in [-0.2, -0.15) is 0 Å². The number of hydrogen-bond acceptors (Lipinski definition) is 4. The van der Waals surface area contributed by atoms with Crippen molar-refractivity contribution in [3.8, 4) is 0 Å². The summed E-state index contributed by atoms with van der Waals surface area (Å²) in [6, 6.07) is 11.6. The van der Waals surface area contributed by atoms with Gasteiger partial charge < -0.3 is 5.32 Å². The van der Waals surface area contributed by atoms with Crippen molar-refractivity contribution in [2.24, 2.45) is 5.92 Å². The van der Waals surface area contributed by atoms with Crippen molar-refractivity contribution in [3.63, 3.8) is 0 Å². The Kier molecular flexibility index (Phi) is 6.95. The van der Waals surface area contributed by atoms with Gasteiger partial charge >= 0.3 is 0 Å². The summed E-state index contributed by atoms with van der Waals surface area (Å²) < 4.78 is 24.3. The maximum absolute atomic E-state index is 12.1. The number of sulfonamides is 1. The van der Waals surface area contributed by atoms with Gasteiger partial charge in [0, 0.05) is 22.7 Å². The van der Waals surface area contributed by atoms with E-state index in [4.69, 9.17) is 11.6 Å². The van der Waals surface area contributed by atoms with E-state index in [2.05, 4.69) is 10.7 Å². The Morgan fingerprint density at radius 3 is 2.15 bits per heavy atom. The molecule has 0 saturated carbocycles. The maximum atomic E-state index is 12.1. The fraction of sp³-hybridized carbons (Fsp3) is 0.222. The Morgan fingerprint density at radius 2 is 1.59 bits per heavy atom. The van der Waals surface area contributed by atoms with E-state index in [1.165, 1.54) is 36.4 Å². The largest absolute Gasteiger partial charge is 0.326 e. The molecule has 2 aromatic rings. The molecule has 7 nitrogen and oxygen atoms in total. The lowest BCUT2D eigenvalue weighted by molar-refractivity contribution is -0.116. The van der Waals surface area contributed by atoms with Crippen molar-refractivity contribution in [1.29, 1.82) is 0 Å². The molecule has 0 aliphatic rings. The Morgan fingerprint density at radius 1 is 1.00 bits per heavy atom. The summed E-state index contributed by atoms with van der Waals surface area (Å²) in [6.45, 7) is 3.89. The summed E-state index contributed by atoms with van der Waals surface area (Å²) in [4.78, 5) is 25.8. The number of hydrogen-bond donors (Lipinski definition) is 3. The Hall–Kier alpha value is -2.42. The maximum Gasteiger partial charge on any atom is 0.266 e. The third-order valence-corrected chi connectivity index (χ3v) is 4.96. The molecule has 27 heavy (non-hydrogen) atoms. The zero-order valence-corrected chi connectivity index (χ0v) is 16.4. The fourth-order valence-corrected chi connectivity index (χ4v) is 3.11. The van der Waals surface area contributed by atoms with Gasteiger partial charge in [-0.3, -0.25) is 15.0 Å². The summed E-state index contributed by atoms with van der Waals surface area (Å²) in [5, 5.41) is 3.13. The van der Waals surface area contributed by atoms with Crippen LogP contribution in [0.25, 0.3) is 0 Å². The summed E-state index contributed by atoms with van der Waals surface area (Å²) in [5.74, 6) is -0.505. The summed E-state index contributed by atoms with van der Waals surface area (Å²) in [7, 11) is -3.91. The van der Waals surface area contributed by atoms with Crippen LogP contribution in [0.2, 0.25) is 5.02 Å². The van der Waals surface area contributed by atoms with Crippen molar-refractivity contribution in [2.75, 3.05) is 5.32 Å². The van der Waals surface area contributed by atoms with E-state index in [9.17, 15) is 18.0 Å². The van der Waals surface area contributed by atoms with Gasteiger partial charge in [0.05, 0.1) is 4.90 Å². The number of amides is 2. The van der Waals surface area contributed by atoms with Gasteiger partial charge in [-0.15, -0.1) is 4.83 Å². The molecule has 0 aliphatic carbocycles. The average molecular weight is 410 g/mol. The predicted molar refractivity (Wildman–Crippen MR) is 104 cm³/mol. The van der Waals surface area contributed by atoms with Crippen LogP contribution in [0.5, 0.6) is 0 Å². The molecule has 0 radical (unpaired) electrons. The Bertz CT molecular complexity index is 911. The first-order valence-corrected chi connectivity index (χ1v) is 10.0. The van der Waals surface area contributed by atoms with Gasteiger partial charge in [0.15, 0.2) is 0 Å². The number of carbonyl (C=O) groups excluding carboxylic acids is 2. The first-order chi connectivity index (χ1) is 12.7. The highest BCUT2D eigenvalue weighted by atomic mass is 35.5. The monoisotopic (exact) mass is 409 g/mol. The third-order valence-electron chi connectivity index (χ3n) is 3.45. The lowest BCUT2D eigenvalue weighted by Crippen LogP contribution is -2.41. The second-order valence-corrected chi connectivity index (χ2v) is 8.36. The Balaban J connectivity index is 1.96. The van der Waals surface area contributed by atoms with E-state index in [1.807, 2.05) is 18.7 Å². The number of anilines is 1. The van der Waals surface area contributed by atoms with Crippen molar-refractivity contribution in [3.05, 3.63) is 59.1 Å². The van der Waals surface area contributed by atoms with Crippen LogP contribution in [0, 0.1) is 5.92 Å². The molecule has 0 bridgehead atoms. The Labute approximate surface area is 163 Å². The highest BCUT2D eigenvalue weighted by Gasteiger charge is 2.15. The molecule has 0 aliphatic heterocycles. The van der Waals surface area contributed by atoms with Crippen LogP contribution in [0.1, 0.15) is 30.6 Å². The minimum Gasteiger partial charge on any atom is -0.326 e. The minimum atomic E-state index is -3.91. The molecular weight excluding hydrogens is 390 g/mol. The van der Waals surface area contributed by atoms with Crippen LogP contribution in [0.4, 0.5) is 5.69 Å². The van der Waals surface area contributed by atoms with Crippen molar-refractivity contribution in [2.45, 2.75) is 25.2 Å². The highest BCUT2D eigenvalue weighted by Crippen LogP contribution is 2.14. The molecular formula is C18H20ClN3O4S. The molecule has 0 unspecified atom stereocenters. The second-order valence-electron chi connectivity index (χ2n) is 6.24. The number of halogens is 1. The smallest absolute Gasteiger partial charge is 0.266 e. The molecule has 3 N–H and O–H groups in total. The average Bonchev–Trinajstić information content (AvgIpc) is 2.60. The molecule has 144 valence electrons. The lowest BCUT2D eigenvalue weighted by atomic mass is 10.1. The van der Waals surface area contributed by atoms with Crippen LogP contribution in [-0.4, -0.2) is 20.2 Å². The molecule has 2 amide bonds. The number of nitrogens with one attached hydrogen (secondary N) is 3. The van der Waals surface area contributed by atoms with Gasteiger partial charge in [-0.05, 0) is 54.4 Å². The molecule has 0 spiro atoms. The van der Waals surface area contributed by atoms with Crippen molar-refractivity contribution < 1.29 is 18.0 Å². The predicted octanol–water partition coefficient (Wildman–Crippen LogP) is 2.95. The summed E-state index contributed by atoms with van der Waals surface area (Å²) in [5.41, 5.74) is 2.93. The van der Waals surface area contributed by atoms with E-state index in [0.29, 0.717) is 17.1 Å². The zero-order chi connectivity index (χ0) is 20.0. The van der Waals surface area contributed by atoms with Crippen LogP contribution < -0.4 is 15.6 Å². The molecule has 2 aromatic carbocycles. The molecule has 0 fully saturated rings. The molecule has 0 heterocycles. The standard InChI is InChI=1S/C18H20ClN3O4S/c1-12(2)11-17(23)20-15-7-3-13(4-8-15)18(24)21-22-27(25,26)16-9-5-14(19)6-10-16/h3-10,12,22H,11H2,1-2H3,(H,20,23)(H,21,24). The van der Waals surface area contributed by atoms with E-state index in [0.717, 1.165) is 0 Å². The third kappa shape index (κ3) is 6.35. The molecule has 0 atom stereocenters.